The number of hydrogen-bond acceptors (Lipinski definition) is 3. The minimum atomic E-state index is 0.403. The van der Waals surface area contributed by atoms with Crippen molar-refractivity contribution in [2.75, 3.05) is 0 Å². The first-order valence-corrected chi connectivity index (χ1v) is 7.96. The monoisotopic (exact) mass is 368 g/mol. The van der Waals surface area contributed by atoms with Crippen LogP contribution >= 0.6 is 27.5 Å². The van der Waals surface area contributed by atoms with Gasteiger partial charge in [0.2, 0.25) is 5.88 Å². The smallest absolute Gasteiger partial charge is 0.213 e. The number of ether oxygens (including phenoxy) is 1. The van der Waals surface area contributed by atoms with Gasteiger partial charge in [-0.1, -0.05) is 53.5 Å². The van der Waals surface area contributed by atoms with E-state index in [0.29, 0.717) is 30.1 Å². The molecule has 3 nitrogen and oxygen atoms in total. The zero-order chi connectivity index (χ0) is 15.2. The Morgan fingerprint density at radius 2 is 2.14 bits per heavy atom. The maximum absolute atomic E-state index is 6.15. The van der Waals surface area contributed by atoms with E-state index in [4.69, 9.17) is 16.3 Å². The second-order valence-electron chi connectivity index (χ2n) is 5.07. The summed E-state index contributed by atoms with van der Waals surface area (Å²) in [7, 11) is 0. The minimum absolute atomic E-state index is 0.403. The van der Waals surface area contributed by atoms with Gasteiger partial charge in [0.25, 0.3) is 0 Å². The molecule has 112 valence electrons. The zero-order valence-corrected chi connectivity index (χ0v) is 14.4. The van der Waals surface area contributed by atoms with Crippen LogP contribution in [-0.4, -0.2) is 11.0 Å². The molecule has 0 saturated heterocycles. The van der Waals surface area contributed by atoms with Gasteiger partial charge in [-0.15, -0.1) is 0 Å². The predicted molar refractivity (Wildman–Crippen MR) is 89.7 cm³/mol. The molecule has 1 aromatic heterocycles. The number of halogens is 2. The molecule has 0 spiro atoms. The number of nitrogens with zero attached hydrogens (tertiary/aromatic N) is 1. The van der Waals surface area contributed by atoms with Crippen LogP contribution in [0.25, 0.3) is 0 Å². The summed E-state index contributed by atoms with van der Waals surface area (Å²) < 4.78 is 6.77. The Hall–Kier alpha value is -1.10. The molecule has 1 aromatic carbocycles. The first-order valence-electron chi connectivity index (χ1n) is 6.79. The molecule has 1 heterocycles. The molecule has 0 aliphatic carbocycles. The highest BCUT2D eigenvalue weighted by Gasteiger charge is 2.06. The van der Waals surface area contributed by atoms with Gasteiger partial charge >= 0.3 is 0 Å². The van der Waals surface area contributed by atoms with Gasteiger partial charge in [0, 0.05) is 29.3 Å². The molecule has 0 radical (unpaired) electrons. The summed E-state index contributed by atoms with van der Waals surface area (Å²) in [6, 6.07) is 10.3. The van der Waals surface area contributed by atoms with E-state index in [-0.39, 0.29) is 0 Å². The summed E-state index contributed by atoms with van der Waals surface area (Å²) in [5, 5.41) is 3.99. The molecule has 0 unspecified atom stereocenters. The molecule has 0 aliphatic rings. The summed E-state index contributed by atoms with van der Waals surface area (Å²) in [6.07, 6.45) is 1.63. The van der Waals surface area contributed by atoms with Gasteiger partial charge in [-0.05, 0) is 23.3 Å². The lowest BCUT2D eigenvalue weighted by atomic mass is 10.2. The first kappa shape index (κ1) is 16.3. The molecule has 1 N–H and O–H groups in total. The standard InChI is InChI=1S/C16H18BrClN2O/c1-11(2)19-8-13-7-16(20-9-15(13)18)21-10-12-4-3-5-14(17)6-12/h3-7,9,11,19H,8,10H2,1-2H3. The quantitative estimate of drug-likeness (QED) is 0.809. The van der Waals surface area contributed by atoms with Gasteiger partial charge in [-0.3, -0.25) is 0 Å². The third-order valence-electron chi connectivity index (χ3n) is 2.89. The fourth-order valence-electron chi connectivity index (χ4n) is 1.77. The zero-order valence-electron chi connectivity index (χ0n) is 12.1. The van der Waals surface area contributed by atoms with E-state index < -0.39 is 0 Å². The molecule has 0 fully saturated rings. The molecule has 2 aromatic rings. The lowest BCUT2D eigenvalue weighted by Gasteiger charge is -2.11. The SMILES string of the molecule is CC(C)NCc1cc(OCc2cccc(Br)c2)ncc1Cl. The molecule has 2 rings (SSSR count). The van der Waals surface area contributed by atoms with E-state index in [9.17, 15) is 0 Å². The minimum Gasteiger partial charge on any atom is -0.473 e. The summed E-state index contributed by atoms with van der Waals surface area (Å²) in [4.78, 5) is 4.21. The van der Waals surface area contributed by atoms with Gasteiger partial charge in [0.05, 0.1) is 5.02 Å². The van der Waals surface area contributed by atoms with Crippen molar-refractivity contribution in [2.45, 2.75) is 33.0 Å². The number of nitrogens with one attached hydrogen (secondary N) is 1. The Labute approximate surface area is 138 Å². The fraction of sp³-hybridized carbons (Fsp3) is 0.312. The number of benzene rings is 1. The topological polar surface area (TPSA) is 34.1 Å². The van der Waals surface area contributed by atoms with Crippen LogP contribution in [0.5, 0.6) is 5.88 Å². The van der Waals surface area contributed by atoms with Crippen LogP contribution < -0.4 is 10.1 Å². The third kappa shape index (κ3) is 5.30. The van der Waals surface area contributed by atoms with Crippen molar-refractivity contribution in [1.29, 1.82) is 0 Å². The van der Waals surface area contributed by atoms with Gasteiger partial charge < -0.3 is 10.1 Å². The number of pyridine rings is 1. The summed E-state index contributed by atoms with van der Waals surface area (Å²) in [5.74, 6) is 0.583. The van der Waals surface area contributed by atoms with Crippen LogP contribution in [0.4, 0.5) is 0 Å². The van der Waals surface area contributed by atoms with Crippen molar-refractivity contribution in [3.63, 3.8) is 0 Å². The normalized spacial score (nSPS) is 10.9. The van der Waals surface area contributed by atoms with Crippen LogP contribution in [-0.2, 0) is 13.2 Å². The van der Waals surface area contributed by atoms with E-state index in [1.54, 1.807) is 6.20 Å². The molecule has 21 heavy (non-hydrogen) atoms. The van der Waals surface area contributed by atoms with Crippen LogP contribution in [0, 0.1) is 0 Å². The lowest BCUT2D eigenvalue weighted by Crippen LogP contribution is -2.22. The Kier molecular flexibility index (Phi) is 6.03. The largest absolute Gasteiger partial charge is 0.473 e. The van der Waals surface area contributed by atoms with Crippen LogP contribution in [0.15, 0.2) is 41.0 Å². The van der Waals surface area contributed by atoms with E-state index in [1.807, 2.05) is 30.3 Å². The predicted octanol–water partition coefficient (Wildman–Crippen LogP) is 4.57. The highest BCUT2D eigenvalue weighted by Crippen LogP contribution is 2.20. The average molecular weight is 370 g/mol. The van der Waals surface area contributed by atoms with Crippen molar-refractivity contribution >= 4 is 27.5 Å². The van der Waals surface area contributed by atoms with E-state index >= 15 is 0 Å². The molecule has 0 bridgehead atoms. The molecule has 5 heteroatoms. The molecular formula is C16H18BrClN2O. The molecule has 0 aliphatic heterocycles. The van der Waals surface area contributed by atoms with Crippen molar-refractivity contribution in [3.05, 3.63) is 57.2 Å². The second-order valence-corrected chi connectivity index (χ2v) is 6.39. The third-order valence-corrected chi connectivity index (χ3v) is 3.72. The fourth-order valence-corrected chi connectivity index (χ4v) is 2.39. The van der Waals surface area contributed by atoms with Crippen molar-refractivity contribution in [3.8, 4) is 5.88 Å². The van der Waals surface area contributed by atoms with Gasteiger partial charge in [-0.25, -0.2) is 4.98 Å². The van der Waals surface area contributed by atoms with E-state index in [2.05, 4.69) is 40.1 Å². The van der Waals surface area contributed by atoms with E-state index in [1.165, 1.54) is 0 Å². The first-order chi connectivity index (χ1) is 10.0. The Morgan fingerprint density at radius 1 is 1.33 bits per heavy atom. The maximum Gasteiger partial charge on any atom is 0.213 e. The summed E-state index contributed by atoms with van der Waals surface area (Å²) >= 11 is 9.60. The van der Waals surface area contributed by atoms with Gasteiger partial charge in [-0.2, -0.15) is 0 Å². The van der Waals surface area contributed by atoms with Gasteiger partial charge in [0.1, 0.15) is 6.61 Å². The van der Waals surface area contributed by atoms with Crippen molar-refractivity contribution in [2.24, 2.45) is 0 Å². The lowest BCUT2D eigenvalue weighted by molar-refractivity contribution is 0.293. The summed E-state index contributed by atoms with van der Waals surface area (Å²) in [6.45, 7) is 5.37. The van der Waals surface area contributed by atoms with Crippen molar-refractivity contribution in [1.82, 2.24) is 10.3 Å². The van der Waals surface area contributed by atoms with Gasteiger partial charge in [0.15, 0.2) is 0 Å². The summed E-state index contributed by atoms with van der Waals surface area (Å²) in [5.41, 5.74) is 2.08. The maximum atomic E-state index is 6.15. The molecular weight excluding hydrogens is 352 g/mol. The average Bonchev–Trinajstić information content (AvgIpc) is 2.45. The highest BCUT2D eigenvalue weighted by molar-refractivity contribution is 9.10. The Balaban J connectivity index is 2.01. The molecule has 0 saturated carbocycles. The molecule has 0 amide bonds. The van der Waals surface area contributed by atoms with E-state index in [0.717, 1.165) is 15.6 Å². The van der Waals surface area contributed by atoms with Crippen LogP contribution in [0.1, 0.15) is 25.0 Å². The van der Waals surface area contributed by atoms with Crippen LogP contribution in [0.2, 0.25) is 5.02 Å². The molecule has 0 atom stereocenters. The highest BCUT2D eigenvalue weighted by atomic mass is 79.9. The number of aromatic nitrogens is 1. The Bertz CT molecular complexity index is 605. The van der Waals surface area contributed by atoms with Crippen molar-refractivity contribution < 1.29 is 4.74 Å². The van der Waals surface area contributed by atoms with Crippen LogP contribution in [0.3, 0.4) is 0 Å². The Morgan fingerprint density at radius 3 is 2.86 bits per heavy atom. The second kappa shape index (κ2) is 7.78. The number of hydrogen-bond donors (Lipinski definition) is 1. The number of rotatable bonds is 6.